The minimum Gasteiger partial charge on any atom is -0.370 e. The van der Waals surface area contributed by atoms with Gasteiger partial charge in [-0.15, -0.1) is 0 Å². The molecular formula is C17H22N5O2S+. The number of pyridine rings is 1. The van der Waals surface area contributed by atoms with E-state index in [0.717, 1.165) is 50.3 Å². The summed E-state index contributed by atoms with van der Waals surface area (Å²) in [6, 6.07) is 9.42. The Hall–Kier alpha value is -2.29. The minimum atomic E-state index is -0.181. The van der Waals surface area contributed by atoms with E-state index in [9.17, 15) is 4.79 Å². The Kier molecular flexibility index (Phi) is 6.10. The molecule has 0 atom stereocenters. The van der Waals surface area contributed by atoms with Gasteiger partial charge in [-0.3, -0.25) is 10.2 Å². The fourth-order valence-corrected chi connectivity index (χ4v) is 2.88. The van der Waals surface area contributed by atoms with Crippen molar-refractivity contribution in [3.05, 3.63) is 46.2 Å². The van der Waals surface area contributed by atoms with Crippen molar-refractivity contribution in [2.75, 3.05) is 39.4 Å². The molecule has 0 amide bonds. The third kappa shape index (κ3) is 5.09. The molecule has 132 valence electrons. The summed E-state index contributed by atoms with van der Waals surface area (Å²) < 4.78 is 5.33. The zero-order chi connectivity index (χ0) is 17.5. The number of hydrogen-bond donors (Lipinski definition) is 4. The number of thiocarbonyl (C=S) groups is 1. The molecule has 0 radical (unpaired) electrons. The highest BCUT2D eigenvalue weighted by Crippen LogP contribution is 2.08. The van der Waals surface area contributed by atoms with Gasteiger partial charge in [0.15, 0.2) is 5.11 Å². The van der Waals surface area contributed by atoms with E-state index in [1.54, 1.807) is 6.07 Å². The van der Waals surface area contributed by atoms with Crippen LogP contribution in [0.25, 0.3) is 10.9 Å². The number of ether oxygens (including phenoxy) is 1. The number of hydrazone groups is 1. The quantitative estimate of drug-likeness (QED) is 0.320. The number of nitrogens with one attached hydrogen (secondary N) is 4. The third-order valence-electron chi connectivity index (χ3n) is 4.12. The molecule has 2 heterocycles. The van der Waals surface area contributed by atoms with Crippen molar-refractivity contribution in [1.29, 1.82) is 0 Å². The van der Waals surface area contributed by atoms with Gasteiger partial charge in [-0.2, -0.15) is 5.10 Å². The Morgan fingerprint density at radius 1 is 1.36 bits per heavy atom. The van der Waals surface area contributed by atoms with Gasteiger partial charge >= 0.3 is 0 Å². The van der Waals surface area contributed by atoms with Crippen molar-refractivity contribution < 1.29 is 9.64 Å². The molecule has 7 nitrogen and oxygen atoms in total. The lowest BCUT2D eigenvalue weighted by Crippen LogP contribution is -3.14. The minimum absolute atomic E-state index is 0.181. The van der Waals surface area contributed by atoms with Crippen LogP contribution in [-0.4, -0.2) is 55.7 Å². The van der Waals surface area contributed by atoms with E-state index < -0.39 is 0 Å². The van der Waals surface area contributed by atoms with Crippen LogP contribution < -0.4 is 21.2 Å². The highest BCUT2D eigenvalue weighted by molar-refractivity contribution is 7.80. The van der Waals surface area contributed by atoms with Crippen LogP contribution in [0.15, 0.2) is 40.2 Å². The van der Waals surface area contributed by atoms with Crippen LogP contribution in [0, 0.1) is 0 Å². The smallest absolute Gasteiger partial charge is 0.257 e. The monoisotopic (exact) mass is 360 g/mol. The lowest BCUT2D eigenvalue weighted by molar-refractivity contribution is -0.906. The molecule has 25 heavy (non-hydrogen) atoms. The van der Waals surface area contributed by atoms with Crippen LogP contribution in [0.3, 0.4) is 0 Å². The van der Waals surface area contributed by atoms with Crippen molar-refractivity contribution in [2.45, 2.75) is 0 Å². The molecule has 8 heteroatoms. The Bertz CT molecular complexity index is 814. The number of hydrogen-bond acceptors (Lipinski definition) is 4. The molecule has 1 aliphatic heterocycles. The standard InChI is InChI=1S/C17H21N5O2S/c23-16-14(11-13-3-1-2-4-15(13)20-16)12-19-21-17(25)18-5-6-22-7-9-24-10-8-22/h1-4,11-12H,5-10H2,(H,20,23)(H2,18,21,25)/p+1/b19-12+. The molecule has 0 spiro atoms. The molecule has 0 aliphatic carbocycles. The van der Waals surface area contributed by atoms with E-state index >= 15 is 0 Å². The normalized spacial score (nSPS) is 15.5. The molecule has 2 aromatic rings. The van der Waals surface area contributed by atoms with E-state index in [2.05, 4.69) is 20.8 Å². The van der Waals surface area contributed by atoms with Crippen LogP contribution >= 0.6 is 12.2 Å². The summed E-state index contributed by atoms with van der Waals surface area (Å²) in [6.45, 7) is 5.47. The number of aromatic amines is 1. The Balaban J connectivity index is 1.48. The van der Waals surface area contributed by atoms with Gasteiger partial charge in [0.05, 0.1) is 38.1 Å². The van der Waals surface area contributed by atoms with Crippen LogP contribution in [0.4, 0.5) is 0 Å². The van der Waals surface area contributed by atoms with Crippen LogP contribution in [-0.2, 0) is 4.74 Å². The number of quaternary nitrogens is 1. The van der Waals surface area contributed by atoms with Crippen LogP contribution in [0.2, 0.25) is 0 Å². The number of H-pyrrole nitrogens is 1. The number of nitrogens with zero attached hydrogens (tertiary/aromatic N) is 1. The first kappa shape index (κ1) is 17.5. The molecule has 1 aromatic carbocycles. The number of morpholine rings is 1. The maximum atomic E-state index is 12.0. The van der Waals surface area contributed by atoms with Gasteiger partial charge in [0, 0.05) is 5.52 Å². The Morgan fingerprint density at radius 2 is 2.16 bits per heavy atom. The number of rotatable bonds is 5. The van der Waals surface area contributed by atoms with Crippen molar-refractivity contribution in [1.82, 2.24) is 15.7 Å². The summed E-state index contributed by atoms with van der Waals surface area (Å²) in [5.41, 5.74) is 3.85. The van der Waals surface area contributed by atoms with Crippen molar-refractivity contribution in [3.8, 4) is 0 Å². The van der Waals surface area contributed by atoms with Crippen LogP contribution in [0.5, 0.6) is 0 Å². The Labute approximate surface area is 151 Å². The Morgan fingerprint density at radius 3 is 3.00 bits per heavy atom. The maximum Gasteiger partial charge on any atom is 0.257 e. The van der Waals surface area contributed by atoms with Gasteiger partial charge in [0.2, 0.25) is 0 Å². The second-order valence-electron chi connectivity index (χ2n) is 5.88. The average molecular weight is 360 g/mol. The molecule has 4 N–H and O–H groups in total. The maximum absolute atomic E-state index is 12.0. The van der Waals surface area contributed by atoms with Gasteiger partial charge in [0.1, 0.15) is 13.1 Å². The van der Waals surface area contributed by atoms with Gasteiger partial charge in [-0.05, 0) is 29.7 Å². The first-order chi connectivity index (χ1) is 12.2. The summed E-state index contributed by atoms with van der Waals surface area (Å²) in [6.07, 6.45) is 1.48. The van der Waals surface area contributed by atoms with Crippen molar-refractivity contribution in [2.24, 2.45) is 5.10 Å². The SMILES string of the molecule is O=c1[nH]c2ccccc2cc1/C=N/NC(=S)NCC[NH+]1CCOCC1. The van der Waals surface area contributed by atoms with Gasteiger partial charge < -0.3 is 19.9 Å². The van der Waals surface area contributed by atoms with Crippen LogP contribution in [0.1, 0.15) is 5.56 Å². The molecule has 0 bridgehead atoms. The molecule has 1 aromatic heterocycles. The van der Waals surface area contributed by atoms with Gasteiger partial charge in [-0.25, -0.2) is 0 Å². The first-order valence-electron chi connectivity index (χ1n) is 8.32. The van der Waals surface area contributed by atoms with E-state index in [1.807, 2.05) is 24.3 Å². The zero-order valence-corrected chi connectivity index (χ0v) is 14.7. The van der Waals surface area contributed by atoms with E-state index in [-0.39, 0.29) is 5.56 Å². The van der Waals surface area contributed by atoms with Gasteiger partial charge in [0.25, 0.3) is 5.56 Å². The zero-order valence-electron chi connectivity index (χ0n) is 13.9. The summed E-state index contributed by atoms with van der Waals surface area (Å²) in [4.78, 5) is 16.4. The number of para-hydroxylation sites is 1. The van der Waals surface area contributed by atoms with E-state index in [0.29, 0.717) is 10.7 Å². The lowest BCUT2D eigenvalue weighted by atomic mass is 10.2. The predicted molar refractivity (Wildman–Crippen MR) is 102 cm³/mol. The summed E-state index contributed by atoms with van der Waals surface area (Å²) in [5, 5.41) is 8.57. The highest BCUT2D eigenvalue weighted by atomic mass is 32.1. The molecule has 0 saturated carbocycles. The molecule has 1 fully saturated rings. The number of fused-ring (bicyclic) bond motifs is 1. The third-order valence-corrected chi connectivity index (χ3v) is 4.35. The molecule has 3 rings (SSSR count). The average Bonchev–Trinajstić information content (AvgIpc) is 2.63. The highest BCUT2D eigenvalue weighted by Gasteiger charge is 2.12. The predicted octanol–water partition coefficient (Wildman–Crippen LogP) is -0.759. The molecular weight excluding hydrogens is 338 g/mol. The van der Waals surface area contributed by atoms with Crippen molar-refractivity contribution in [3.63, 3.8) is 0 Å². The fraction of sp³-hybridized carbons (Fsp3) is 0.353. The summed E-state index contributed by atoms with van der Waals surface area (Å²) >= 11 is 5.19. The number of benzene rings is 1. The molecule has 1 aliphatic rings. The molecule has 0 unspecified atom stereocenters. The number of aromatic nitrogens is 1. The van der Waals surface area contributed by atoms with Crippen molar-refractivity contribution >= 4 is 34.4 Å². The molecule has 1 saturated heterocycles. The van der Waals surface area contributed by atoms with E-state index in [4.69, 9.17) is 17.0 Å². The lowest BCUT2D eigenvalue weighted by Gasteiger charge is -2.23. The summed E-state index contributed by atoms with van der Waals surface area (Å²) in [7, 11) is 0. The van der Waals surface area contributed by atoms with E-state index in [1.165, 1.54) is 11.1 Å². The summed E-state index contributed by atoms with van der Waals surface area (Å²) in [5.74, 6) is 0. The fourth-order valence-electron chi connectivity index (χ4n) is 2.72. The largest absolute Gasteiger partial charge is 0.370 e. The topological polar surface area (TPSA) is 83.0 Å². The van der Waals surface area contributed by atoms with Gasteiger partial charge in [-0.1, -0.05) is 18.2 Å². The first-order valence-corrected chi connectivity index (χ1v) is 8.73. The second-order valence-corrected chi connectivity index (χ2v) is 6.29. The second kappa shape index (κ2) is 8.70.